The maximum absolute atomic E-state index is 9.63. The lowest BCUT2D eigenvalue weighted by molar-refractivity contribution is 0.0354. The van der Waals surface area contributed by atoms with E-state index in [-0.39, 0.29) is 18.8 Å². The lowest BCUT2D eigenvalue weighted by Gasteiger charge is -2.36. The smallest absolute Gasteiger partial charge is 0.0628 e. The molecule has 1 heterocycles. The number of nitrogens with zero attached hydrogens (tertiary/aromatic N) is 1. The number of aliphatic hydroxyl groups excluding tert-OH is 1. The van der Waals surface area contributed by atoms with E-state index in [0.717, 1.165) is 26.1 Å². The van der Waals surface area contributed by atoms with Crippen LogP contribution in [-0.4, -0.2) is 42.4 Å². The molecule has 3 heteroatoms. The maximum atomic E-state index is 9.63. The van der Waals surface area contributed by atoms with Gasteiger partial charge < -0.3 is 9.84 Å². The number of hydrogen-bond acceptors (Lipinski definition) is 3. The number of fused-ring (bicyclic) bond motifs is 1. The topological polar surface area (TPSA) is 32.7 Å². The first kappa shape index (κ1) is 13.5. The molecule has 0 aromatic heterocycles. The van der Waals surface area contributed by atoms with Crippen LogP contribution in [0.2, 0.25) is 0 Å². The van der Waals surface area contributed by atoms with Gasteiger partial charge in [0.15, 0.2) is 0 Å². The number of rotatable bonds is 5. The Labute approximate surface area is 109 Å². The van der Waals surface area contributed by atoms with E-state index in [1.807, 2.05) is 0 Å². The third kappa shape index (κ3) is 3.10. The molecular formula is C15H23NO2. The van der Waals surface area contributed by atoms with E-state index in [1.165, 1.54) is 11.1 Å². The van der Waals surface area contributed by atoms with Gasteiger partial charge in [0.05, 0.1) is 25.4 Å². The lowest BCUT2D eigenvalue weighted by atomic mass is 9.93. The Hall–Kier alpha value is -0.900. The van der Waals surface area contributed by atoms with Gasteiger partial charge >= 0.3 is 0 Å². The Bertz CT molecular complexity index is 379. The van der Waals surface area contributed by atoms with Crippen molar-refractivity contribution in [3.63, 3.8) is 0 Å². The second-order valence-electron chi connectivity index (χ2n) is 5.10. The Morgan fingerprint density at radius 3 is 2.89 bits per heavy atom. The highest BCUT2D eigenvalue weighted by molar-refractivity contribution is 5.32. The minimum absolute atomic E-state index is 0.130. The molecule has 0 fully saturated rings. The van der Waals surface area contributed by atoms with E-state index in [2.05, 4.69) is 43.0 Å². The Balaban J connectivity index is 2.01. The van der Waals surface area contributed by atoms with Crippen molar-refractivity contribution in [1.82, 2.24) is 4.90 Å². The first-order valence-corrected chi connectivity index (χ1v) is 6.76. The Morgan fingerprint density at radius 2 is 2.17 bits per heavy atom. The minimum atomic E-state index is 0.130. The van der Waals surface area contributed by atoms with Gasteiger partial charge in [-0.2, -0.15) is 0 Å². The van der Waals surface area contributed by atoms with Gasteiger partial charge in [0.25, 0.3) is 0 Å². The molecule has 1 aromatic carbocycles. The van der Waals surface area contributed by atoms with E-state index < -0.39 is 0 Å². The van der Waals surface area contributed by atoms with Crippen LogP contribution in [0.1, 0.15) is 31.0 Å². The fourth-order valence-electron chi connectivity index (χ4n) is 2.59. The van der Waals surface area contributed by atoms with Crippen molar-refractivity contribution in [1.29, 1.82) is 0 Å². The summed E-state index contributed by atoms with van der Waals surface area (Å²) in [4.78, 5) is 2.32. The van der Waals surface area contributed by atoms with Crippen LogP contribution in [0.25, 0.3) is 0 Å². The fraction of sp³-hybridized carbons (Fsp3) is 0.600. The van der Waals surface area contributed by atoms with Gasteiger partial charge in [-0.25, -0.2) is 0 Å². The highest BCUT2D eigenvalue weighted by Crippen LogP contribution is 2.28. The summed E-state index contributed by atoms with van der Waals surface area (Å²) in [7, 11) is 0. The minimum Gasteiger partial charge on any atom is -0.394 e. The predicted octanol–water partition coefficient (Wildman–Crippen LogP) is 2.00. The molecule has 1 aliphatic heterocycles. The summed E-state index contributed by atoms with van der Waals surface area (Å²) in [6, 6.07) is 8.55. The van der Waals surface area contributed by atoms with E-state index in [4.69, 9.17) is 4.74 Å². The van der Waals surface area contributed by atoms with Crippen LogP contribution in [0.15, 0.2) is 24.3 Å². The second kappa shape index (κ2) is 6.32. The van der Waals surface area contributed by atoms with E-state index in [0.29, 0.717) is 0 Å². The Kier molecular flexibility index (Phi) is 4.75. The summed E-state index contributed by atoms with van der Waals surface area (Å²) in [6.07, 6.45) is 1.34. The Morgan fingerprint density at radius 1 is 1.39 bits per heavy atom. The second-order valence-corrected chi connectivity index (χ2v) is 5.10. The molecule has 1 atom stereocenters. The van der Waals surface area contributed by atoms with Crippen LogP contribution >= 0.6 is 0 Å². The summed E-state index contributed by atoms with van der Waals surface area (Å²) in [6.45, 7) is 6.90. The standard InChI is InChI=1S/C15H23NO2/c1-12(2)18-10-9-16-8-7-13-5-3-4-6-14(13)15(16)11-17/h3-6,12,15,17H,7-11H2,1-2H3. The van der Waals surface area contributed by atoms with Crippen LogP contribution in [0.5, 0.6) is 0 Å². The lowest BCUT2D eigenvalue weighted by Crippen LogP contribution is -2.39. The highest BCUT2D eigenvalue weighted by Gasteiger charge is 2.25. The molecular weight excluding hydrogens is 226 g/mol. The third-order valence-corrected chi connectivity index (χ3v) is 3.53. The van der Waals surface area contributed by atoms with Gasteiger partial charge in [0.2, 0.25) is 0 Å². The van der Waals surface area contributed by atoms with Gasteiger partial charge in [0, 0.05) is 13.1 Å². The maximum Gasteiger partial charge on any atom is 0.0628 e. The van der Waals surface area contributed by atoms with Crippen molar-refractivity contribution < 1.29 is 9.84 Å². The number of ether oxygens (including phenoxy) is 1. The van der Waals surface area contributed by atoms with E-state index >= 15 is 0 Å². The SMILES string of the molecule is CC(C)OCCN1CCc2ccccc2C1CO. The van der Waals surface area contributed by atoms with Crippen molar-refractivity contribution >= 4 is 0 Å². The molecule has 18 heavy (non-hydrogen) atoms. The predicted molar refractivity (Wildman–Crippen MR) is 72.6 cm³/mol. The van der Waals surface area contributed by atoms with Crippen LogP contribution in [0.4, 0.5) is 0 Å². The normalized spacial score (nSPS) is 20.1. The van der Waals surface area contributed by atoms with Crippen LogP contribution in [0, 0.1) is 0 Å². The van der Waals surface area contributed by atoms with Gasteiger partial charge in [-0.05, 0) is 31.4 Å². The van der Waals surface area contributed by atoms with Crippen molar-refractivity contribution in [3.05, 3.63) is 35.4 Å². The highest BCUT2D eigenvalue weighted by atomic mass is 16.5. The summed E-state index contributed by atoms with van der Waals surface area (Å²) in [5, 5.41) is 9.63. The molecule has 0 saturated carbocycles. The quantitative estimate of drug-likeness (QED) is 0.866. The molecule has 0 spiro atoms. The van der Waals surface area contributed by atoms with Crippen molar-refractivity contribution in [2.45, 2.75) is 32.4 Å². The molecule has 0 aliphatic carbocycles. The average molecular weight is 249 g/mol. The zero-order valence-electron chi connectivity index (χ0n) is 11.3. The zero-order chi connectivity index (χ0) is 13.0. The molecule has 0 radical (unpaired) electrons. The summed E-state index contributed by atoms with van der Waals surface area (Å²) in [5.74, 6) is 0. The summed E-state index contributed by atoms with van der Waals surface area (Å²) < 4.78 is 5.60. The third-order valence-electron chi connectivity index (χ3n) is 3.53. The number of aliphatic hydroxyl groups is 1. The summed E-state index contributed by atoms with van der Waals surface area (Å²) in [5.41, 5.74) is 2.65. The molecule has 0 amide bonds. The average Bonchev–Trinajstić information content (AvgIpc) is 2.38. The van der Waals surface area contributed by atoms with Crippen LogP contribution in [-0.2, 0) is 11.2 Å². The fourth-order valence-corrected chi connectivity index (χ4v) is 2.59. The monoisotopic (exact) mass is 249 g/mol. The first-order valence-electron chi connectivity index (χ1n) is 6.76. The van der Waals surface area contributed by atoms with Crippen LogP contribution < -0.4 is 0 Å². The molecule has 0 saturated heterocycles. The molecule has 1 aliphatic rings. The molecule has 100 valence electrons. The molecule has 2 rings (SSSR count). The van der Waals surface area contributed by atoms with Crippen LogP contribution in [0.3, 0.4) is 0 Å². The summed E-state index contributed by atoms with van der Waals surface area (Å²) >= 11 is 0. The molecule has 1 unspecified atom stereocenters. The molecule has 0 bridgehead atoms. The first-order chi connectivity index (χ1) is 8.72. The van der Waals surface area contributed by atoms with Gasteiger partial charge in [0.1, 0.15) is 0 Å². The van der Waals surface area contributed by atoms with Crippen molar-refractivity contribution in [3.8, 4) is 0 Å². The van der Waals surface area contributed by atoms with Crippen molar-refractivity contribution in [2.75, 3.05) is 26.3 Å². The van der Waals surface area contributed by atoms with Gasteiger partial charge in [-0.3, -0.25) is 4.90 Å². The molecule has 1 aromatic rings. The largest absolute Gasteiger partial charge is 0.394 e. The molecule has 1 N–H and O–H groups in total. The number of hydrogen-bond donors (Lipinski definition) is 1. The van der Waals surface area contributed by atoms with Gasteiger partial charge in [-0.15, -0.1) is 0 Å². The number of benzene rings is 1. The van der Waals surface area contributed by atoms with E-state index in [9.17, 15) is 5.11 Å². The van der Waals surface area contributed by atoms with Crippen molar-refractivity contribution in [2.24, 2.45) is 0 Å². The zero-order valence-corrected chi connectivity index (χ0v) is 11.3. The van der Waals surface area contributed by atoms with Gasteiger partial charge in [-0.1, -0.05) is 24.3 Å². The van der Waals surface area contributed by atoms with E-state index in [1.54, 1.807) is 0 Å². The molecule has 3 nitrogen and oxygen atoms in total.